The Hall–Kier alpha value is -0.940. The first kappa shape index (κ1) is 13.5. The molecule has 0 unspecified atom stereocenters. The average molecular weight is 271 g/mol. The van der Waals surface area contributed by atoms with E-state index in [9.17, 15) is 12.8 Å². The Morgan fingerprint density at radius 1 is 1.00 bits per heavy atom. The van der Waals surface area contributed by atoms with E-state index in [0.717, 1.165) is 25.7 Å². The van der Waals surface area contributed by atoms with Gasteiger partial charge in [0.05, 0.1) is 4.90 Å². The summed E-state index contributed by atoms with van der Waals surface area (Å²) in [6.07, 6.45) is 6.26. The summed E-state index contributed by atoms with van der Waals surface area (Å²) in [5.74, 6) is -0.427. The number of benzene rings is 1. The molecule has 3 nitrogen and oxygen atoms in total. The Morgan fingerprint density at radius 2 is 1.56 bits per heavy atom. The van der Waals surface area contributed by atoms with Gasteiger partial charge in [0.2, 0.25) is 10.0 Å². The molecule has 1 N–H and O–H groups in total. The fourth-order valence-corrected chi connectivity index (χ4v) is 3.60. The van der Waals surface area contributed by atoms with Gasteiger partial charge in [-0.25, -0.2) is 17.5 Å². The van der Waals surface area contributed by atoms with Crippen molar-refractivity contribution in [1.29, 1.82) is 0 Å². The first-order valence-electron chi connectivity index (χ1n) is 6.36. The van der Waals surface area contributed by atoms with Crippen molar-refractivity contribution < 1.29 is 12.8 Å². The third-order valence-electron chi connectivity index (χ3n) is 3.30. The molecular formula is C13H18FNO2S. The van der Waals surface area contributed by atoms with Crippen molar-refractivity contribution in [2.24, 2.45) is 0 Å². The van der Waals surface area contributed by atoms with E-state index in [4.69, 9.17) is 0 Å². The second kappa shape index (κ2) is 5.80. The standard InChI is InChI=1S/C13H18FNO2S/c14-11-7-9-13(10-8-11)18(16,17)15-12-5-3-1-2-4-6-12/h7-10,12,15H,1-6H2. The molecule has 5 heteroatoms. The van der Waals surface area contributed by atoms with Gasteiger partial charge in [0.15, 0.2) is 0 Å². The van der Waals surface area contributed by atoms with E-state index in [1.165, 1.54) is 37.1 Å². The Labute approximate surface area is 107 Å². The zero-order valence-corrected chi connectivity index (χ0v) is 11.0. The number of rotatable bonds is 3. The third kappa shape index (κ3) is 3.53. The van der Waals surface area contributed by atoms with Gasteiger partial charge < -0.3 is 0 Å². The Bertz CT molecular complexity index is 476. The first-order valence-corrected chi connectivity index (χ1v) is 7.84. The Kier molecular flexibility index (Phi) is 4.35. The maximum atomic E-state index is 12.8. The molecule has 0 heterocycles. The molecule has 0 spiro atoms. The lowest BCUT2D eigenvalue weighted by Crippen LogP contribution is -2.34. The van der Waals surface area contributed by atoms with Crippen molar-refractivity contribution in [3.05, 3.63) is 30.1 Å². The van der Waals surface area contributed by atoms with Gasteiger partial charge in [-0.05, 0) is 37.1 Å². The van der Waals surface area contributed by atoms with Crippen LogP contribution in [0.15, 0.2) is 29.2 Å². The lowest BCUT2D eigenvalue weighted by atomic mass is 10.1. The van der Waals surface area contributed by atoms with Crippen LogP contribution in [0.2, 0.25) is 0 Å². The molecule has 1 saturated carbocycles. The van der Waals surface area contributed by atoms with E-state index in [2.05, 4.69) is 4.72 Å². The van der Waals surface area contributed by atoms with Crippen LogP contribution in [0.25, 0.3) is 0 Å². The molecule has 1 aliphatic carbocycles. The van der Waals surface area contributed by atoms with Crippen molar-refractivity contribution in [2.75, 3.05) is 0 Å². The zero-order chi connectivity index (χ0) is 13.0. The normalized spacial score (nSPS) is 18.5. The molecule has 18 heavy (non-hydrogen) atoms. The molecule has 100 valence electrons. The highest BCUT2D eigenvalue weighted by molar-refractivity contribution is 7.89. The predicted octanol–water partition coefficient (Wildman–Crippen LogP) is 2.83. The highest BCUT2D eigenvalue weighted by Crippen LogP contribution is 2.19. The molecule has 2 rings (SSSR count). The lowest BCUT2D eigenvalue weighted by Gasteiger charge is -2.16. The zero-order valence-electron chi connectivity index (χ0n) is 10.2. The molecule has 0 aromatic heterocycles. The number of nitrogens with one attached hydrogen (secondary N) is 1. The van der Waals surface area contributed by atoms with Crippen molar-refractivity contribution in [3.63, 3.8) is 0 Å². The largest absolute Gasteiger partial charge is 0.240 e. The highest BCUT2D eigenvalue weighted by atomic mass is 32.2. The van der Waals surface area contributed by atoms with Gasteiger partial charge in [-0.3, -0.25) is 0 Å². The fourth-order valence-electron chi connectivity index (χ4n) is 2.30. The number of sulfonamides is 1. The molecule has 0 bridgehead atoms. The van der Waals surface area contributed by atoms with Gasteiger partial charge in [-0.15, -0.1) is 0 Å². The van der Waals surface area contributed by atoms with Crippen LogP contribution in [0.1, 0.15) is 38.5 Å². The van der Waals surface area contributed by atoms with E-state index >= 15 is 0 Å². The Morgan fingerprint density at radius 3 is 2.11 bits per heavy atom. The minimum Gasteiger partial charge on any atom is -0.208 e. The van der Waals surface area contributed by atoms with Crippen LogP contribution in [0.3, 0.4) is 0 Å². The smallest absolute Gasteiger partial charge is 0.208 e. The highest BCUT2D eigenvalue weighted by Gasteiger charge is 2.20. The summed E-state index contributed by atoms with van der Waals surface area (Å²) in [6, 6.07) is 4.95. The molecule has 0 atom stereocenters. The van der Waals surface area contributed by atoms with Gasteiger partial charge in [-0.2, -0.15) is 0 Å². The van der Waals surface area contributed by atoms with Crippen LogP contribution in [-0.4, -0.2) is 14.5 Å². The first-order chi connectivity index (χ1) is 8.58. The summed E-state index contributed by atoms with van der Waals surface area (Å²) in [5, 5.41) is 0. The van der Waals surface area contributed by atoms with E-state index in [0.29, 0.717) is 0 Å². The number of hydrogen-bond acceptors (Lipinski definition) is 2. The van der Waals surface area contributed by atoms with Crippen molar-refractivity contribution in [2.45, 2.75) is 49.5 Å². The van der Waals surface area contributed by atoms with Crippen LogP contribution in [0.5, 0.6) is 0 Å². The van der Waals surface area contributed by atoms with E-state index in [1.54, 1.807) is 0 Å². The van der Waals surface area contributed by atoms with Gasteiger partial charge in [0.1, 0.15) is 5.82 Å². The molecule has 0 saturated heterocycles. The van der Waals surface area contributed by atoms with Crippen LogP contribution in [0, 0.1) is 5.82 Å². The van der Waals surface area contributed by atoms with Crippen LogP contribution >= 0.6 is 0 Å². The minimum absolute atomic E-state index is 0.0163. The van der Waals surface area contributed by atoms with Crippen LogP contribution < -0.4 is 4.72 Å². The van der Waals surface area contributed by atoms with E-state index in [1.807, 2.05) is 0 Å². The van der Waals surface area contributed by atoms with Crippen molar-refractivity contribution in [1.82, 2.24) is 4.72 Å². The fraction of sp³-hybridized carbons (Fsp3) is 0.538. The third-order valence-corrected chi connectivity index (χ3v) is 4.84. The summed E-state index contributed by atoms with van der Waals surface area (Å²) >= 11 is 0. The quantitative estimate of drug-likeness (QED) is 0.859. The molecule has 0 radical (unpaired) electrons. The van der Waals surface area contributed by atoms with Crippen molar-refractivity contribution in [3.8, 4) is 0 Å². The molecule has 0 aliphatic heterocycles. The summed E-state index contributed by atoms with van der Waals surface area (Å²) in [6.45, 7) is 0. The predicted molar refractivity (Wildman–Crippen MR) is 68.2 cm³/mol. The summed E-state index contributed by atoms with van der Waals surface area (Å²) in [5.41, 5.74) is 0. The van der Waals surface area contributed by atoms with Crippen LogP contribution in [-0.2, 0) is 10.0 Å². The number of halogens is 1. The second-order valence-electron chi connectivity index (χ2n) is 4.76. The SMILES string of the molecule is O=S(=O)(NC1CCCCCC1)c1ccc(F)cc1. The van der Waals surface area contributed by atoms with Crippen LogP contribution in [0.4, 0.5) is 4.39 Å². The van der Waals surface area contributed by atoms with Gasteiger partial charge in [0.25, 0.3) is 0 Å². The molecule has 1 aliphatic rings. The monoisotopic (exact) mass is 271 g/mol. The second-order valence-corrected chi connectivity index (χ2v) is 6.48. The molecular weight excluding hydrogens is 253 g/mol. The van der Waals surface area contributed by atoms with Gasteiger partial charge in [-0.1, -0.05) is 25.7 Å². The summed E-state index contributed by atoms with van der Waals surface area (Å²) < 4.78 is 39.7. The molecule has 0 amide bonds. The van der Waals surface area contributed by atoms with E-state index < -0.39 is 15.8 Å². The molecule has 1 aromatic rings. The summed E-state index contributed by atoms with van der Waals surface area (Å²) in [7, 11) is -3.51. The van der Waals surface area contributed by atoms with Gasteiger partial charge >= 0.3 is 0 Å². The maximum absolute atomic E-state index is 12.8. The van der Waals surface area contributed by atoms with Gasteiger partial charge in [0, 0.05) is 6.04 Å². The Balaban J connectivity index is 2.08. The summed E-state index contributed by atoms with van der Waals surface area (Å²) in [4.78, 5) is 0.133. The van der Waals surface area contributed by atoms with Crippen molar-refractivity contribution >= 4 is 10.0 Å². The number of hydrogen-bond donors (Lipinski definition) is 1. The lowest BCUT2D eigenvalue weighted by molar-refractivity contribution is 0.510. The average Bonchev–Trinajstić information content (AvgIpc) is 2.57. The minimum atomic E-state index is -3.51. The molecule has 1 fully saturated rings. The maximum Gasteiger partial charge on any atom is 0.240 e. The van der Waals surface area contributed by atoms with E-state index in [-0.39, 0.29) is 10.9 Å². The molecule has 1 aromatic carbocycles. The topological polar surface area (TPSA) is 46.2 Å².